The number of sulfonamides is 1. The number of anilines is 1. The molecule has 0 N–H and O–H groups in total. The molecule has 1 aliphatic heterocycles. The van der Waals surface area contributed by atoms with Gasteiger partial charge < -0.3 is 4.90 Å². The largest absolute Gasteiger partial charge is 0.353 e. The maximum Gasteiger partial charge on any atom is 0.246 e. The summed E-state index contributed by atoms with van der Waals surface area (Å²) in [6, 6.07) is 10.1. The predicted octanol–water partition coefficient (Wildman–Crippen LogP) is 3.21. The van der Waals surface area contributed by atoms with Crippen molar-refractivity contribution in [2.45, 2.75) is 43.2 Å². The Hall–Kier alpha value is -3.31. The molecule has 1 saturated carbocycles. The number of pyridine rings is 1. The lowest BCUT2D eigenvalue weighted by molar-refractivity contribution is 0.270. The second-order valence-corrected chi connectivity index (χ2v) is 11.1. The van der Waals surface area contributed by atoms with Gasteiger partial charge in [0, 0.05) is 32.4 Å². The first kappa shape index (κ1) is 22.2. The van der Waals surface area contributed by atoms with Crippen LogP contribution in [0, 0.1) is 5.82 Å². The zero-order valence-corrected chi connectivity index (χ0v) is 20.2. The monoisotopic (exact) mass is 495 g/mol. The molecule has 1 saturated heterocycles. The van der Waals surface area contributed by atoms with Gasteiger partial charge in [0.2, 0.25) is 10.0 Å². The van der Waals surface area contributed by atoms with Gasteiger partial charge in [-0.25, -0.2) is 22.5 Å². The van der Waals surface area contributed by atoms with E-state index in [0.29, 0.717) is 26.2 Å². The molecule has 0 unspecified atom stereocenters. The molecule has 0 bridgehead atoms. The van der Waals surface area contributed by atoms with Crippen molar-refractivity contribution in [3.8, 4) is 5.69 Å². The lowest BCUT2D eigenvalue weighted by Gasteiger charge is -2.41. The summed E-state index contributed by atoms with van der Waals surface area (Å²) in [5, 5.41) is 8.65. The Kier molecular flexibility index (Phi) is 5.15. The van der Waals surface area contributed by atoms with Crippen molar-refractivity contribution in [1.82, 2.24) is 28.9 Å². The predicted molar refractivity (Wildman–Crippen MR) is 129 cm³/mol. The molecule has 9 nitrogen and oxygen atoms in total. The first-order valence-corrected chi connectivity index (χ1v) is 13.2. The van der Waals surface area contributed by atoms with E-state index in [1.165, 1.54) is 18.3 Å². The van der Waals surface area contributed by atoms with Crippen molar-refractivity contribution < 1.29 is 12.8 Å². The lowest BCUT2D eigenvalue weighted by atomic mass is 10.2. The Balaban J connectivity index is 1.24. The molecule has 2 aliphatic rings. The van der Waals surface area contributed by atoms with Gasteiger partial charge in [0.1, 0.15) is 22.0 Å². The van der Waals surface area contributed by atoms with Crippen LogP contribution in [0.2, 0.25) is 0 Å². The lowest BCUT2D eigenvalue weighted by Crippen LogP contribution is -2.57. The Morgan fingerprint density at radius 3 is 2.57 bits per heavy atom. The van der Waals surface area contributed by atoms with Gasteiger partial charge in [0.25, 0.3) is 0 Å². The third-order valence-electron chi connectivity index (χ3n) is 6.87. The van der Waals surface area contributed by atoms with E-state index in [2.05, 4.69) is 15.1 Å². The minimum atomic E-state index is -3.61. The molecule has 3 aromatic heterocycles. The highest BCUT2D eigenvalue weighted by Gasteiger charge is 2.56. The van der Waals surface area contributed by atoms with Crippen LogP contribution in [-0.4, -0.2) is 62.4 Å². The summed E-state index contributed by atoms with van der Waals surface area (Å²) in [5.74, 6) is 0.505. The van der Waals surface area contributed by atoms with Gasteiger partial charge in [-0.15, -0.1) is 0 Å². The molecule has 1 spiro atoms. The fourth-order valence-corrected chi connectivity index (χ4v) is 6.67. The first-order chi connectivity index (χ1) is 16.9. The topological polar surface area (TPSA) is 89.2 Å². The third kappa shape index (κ3) is 3.79. The Bertz CT molecular complexity index is 1490. The summed E-state index contributed by atoms with van der Waals surface area (Å²) in [6.45, 7) is 4.28. The minimum absolute atomic E-state index is 0.262. The van der Waals surface area contributed by atoms with Crippen molar-refractivity contribution in [2.75, 3.05) is 24.5 Å². The zero-order valence-electron chi connectivity index (χ0n) is 19.4. The normalized spacial score (nSPS) is 17.9. The molecule has 1 aromatic carbocycles. The summed E-state index contributed by atoms with van der Waals surface area (Å²) < 4.78 is 45.3. The number of halogens is 1. The number of hydrogen-bond acceptors (Lipinski definition) is 6. The van der Waals surface area contributed by atoms with E-state index in [0.717, 1.165) is 41.8 Å². The number of benzene rings is 1. The molecule has 35 heavy (non-hydrogen) atoms. The molecule has 1 aliphatic carbocycles. The molecule has 11 heteroatoms. The average Bonchev–Trinajstić information content (AvgIpc) is 3.25. The van der Waals surface area contributed by atoms with Crippen molar-refractivity contribution in [2.24, 2.45) is 0 Å². The van der Waals surface area contributed by atoms with E-state index in [1.807, 2.05) is 19.1 Å². The van der Waals surface area contributed by atoms with Crippen LogP contribution in [-0.2, 0) is 16.6 Å². The van der Waals surface area contributed by atoms with Crippen LogP contribution >= 0.6 is 0 Å². The molecule has 0 atom stereocenters. The molecule has 0 amide bonds. The van der Waals surface area contributed by atoms with Gasteiger partial charge in [-0.05, 0) is 55.7 Å². The van der Waals surface area contributed by atoms with Gasteiger partial charge in [-0.3, -0.25) is 4.68 Å². The standard InChI is InChI=1S/C24H26FN7O2S/c1-2-11-30-16-20(14-26-30)35(33,34)31-13-12-29(17-24(31)9-10-24)23-8-7-22-21(28-23)15-27-32(22)19-5-3-18(25)4-6-19/h3-8,14-16H,2,9-13,17H2,1H3. The zero-order chi connectivity index (χ0) is 24.2. The van der Waals surface area contributed by atoms with Gasteiger partial charge in [-0.1, -0.05) is 6.92 Å². The highest BCUT2D eigenvalue weighted by molar-refractivity contribution is 7.89. The first-order valence-electron chi connectivity index (χ1n) is 11.8. The van der Waals surface area contributed by atoms with E-state index in [4.69, 9.17) is 4.98 Å². The van der Waals surface area contributed by atoms with Gasteiger partial charge >= 0.3 is 0 Å². The van der Waals surface area contributed by atoms with E-state index < -0.39 is 15.6 Å². The van der Waals surface area contributed by atoms with Crippen LogP contribution in [0.25, 0.3) is 16.7 Å². The van der Waals surface area contributed by atoms with Crippen LogP contribution in [0.4, 0.5) is 10.2 Å². The Morgan fingerprint density at radius 2 is 1.83 bits per heavy atom. The maximum atomic E-state index is 13.4. The molecule has 6 rings (SSSR count). The number of hydrogen-bond donors (Lipinski definition) is 0. The summed E-state index contributed by atoms with van der Waals surface area (Å²) in [4.78, 5) is 7.24. The Morgan fingerprint density at radius 1 is 1.03 bits per heavy atom. The average molecular weight is 496 g/mol. The number of nitrogens with zero attached hydrogens (tertiary/aromatic N) is 7. The third-order valence-corrected chi connectivity index (χ3v) is 8.83. The minimum Gasteiger partial charge on any atom is -0.353 e. The summed E-state index contributed by atoms with van der Waals surface area (Å²) in [7, 11) is -3.61. The van der Waals surface area contributed by atoms with Crippen LogP contribution in [0.5, 0.6) is 0 Å². The highest BCUT2D eigenvalue weighted by Crippen LogP contribution is 2.47. The quantitative estimate of drug-likeness (QED) is 0.408. The summed E-state index contributed by atoms with van der Waals surface area (Å²) >= 11 is 0. The van der Waals surface area contributed by atoms with Crippen molar-refractivity contribution >= 4 is 26.9 Å². The summed E-state index contributed by atoms with van der Waals surface area (Å²) in [6.07, 6.45) is 7.35. The maximum absolute atomic E-state index is 13.4. The highest BCUT2D eigenvalue weighted by atomic mass is 32.2. The van der Waals surface area contributed by atoms with E-state index in [-0.39, 0.29) is 10.7 Å². The van der Waals surface area contributed by atoms with Crippen LogP contribution in [0.3, 0.4) is 0 Å². The molecular formula is C24H26FN7O2S. The Labute approximate surface area is 202 Å². The number of rotatable bonds is 6. The number of piperazine rings is 1. The molecule has 4 aromatic rings. The van der Waals surface area contributed by atoms with Crippen molar-refractivity contribution in [3.05, 3.63) is 60.8 Å². The van der Waals surface area contributed by atoms with E-state index in [9.17, 15) is 12.8 Å². The summed E-state index contributed by atoms with van der Waals surface area (Å²) in [5.41, 5.74) is 1.91. The number of aromatic nitrogens is 5. The number of fused-ring (bicyclic) bond motifs is 1. The van der Waals surface area contributed by atoms with E-state index >= 15 is 0 Å². The van der Waals surface area contributed by atoms with Crippen LogP contribution in [0.1, 0.15) is 26.2 Å². The SMILES string of the molecule is CCCn1cc(S(=O)(=O)N2CCN(c3ccc4c(cnn4-c4ccc(F)cc4)n3)CC23CC3)cn1. The van der Waals surface area contributed by atoms with Crippen molar-refractivity contribution in [3.63, 3.8) is 0 Å². The van der Waals surface area contributed by atoms with Gasteiger partial charge in [0.05, 0.1) is 29.1 Å². The molecule has 4 heterocycles. The number of aryl methyl sites for hydroxylation is 1. The second-order valence-electron chi connectivity index (χ2n) is 9.27. The fraction of sp³-hybridized carbons (Fsp3) is 0.375. The molecule has 2 fully saturated rings. The van der Waals surface area contributed by atoms with Crippen LogP contribution < -0.4 is 4.90 Å². The molecule has 182 valence electrons. The van der Waals surface area contributed by atoms with Gasteiger partial charge in [0.15, 0.2) is 0 Å². The smallest absolute Gasteiger partial charge is 0.246 e. The second kappa shape index (κ2) is 8.13. The molecule has 0 radical (unpaired) electrons. The van der Waals surface area contributed by atoms with E-state index in [1.54, 1.807) is 38.2 Å². The van der Waals surface area contributed by atoms with Crippen molar-refractivity contribution in [1.29, 1.82) is 0 Å². The molecular weight excluding hydrogens is 469 g/mol. The van der Waals surface area contributed by atoms with Crippen LogP contribution in [0.15, 0.2) is 59.9 Å². The fourth-order valence-electron chi connectivity index (χ4n) is 4.91. The van der Waals surface area contributed by atoms with Gasteiger partial charge in [-0.2, -0.15) is 14.5 Å².